The van der Waals surface area contributed by atoms with E-state index in [0.717, 1.165) is 22.3 Å². The second-order valence-corrected chi connectivity index (χ2v) is 5.72. The Hall–Kier alpha value is -1.35. The highest BCUT2D eigenvalue weighted by molar-refractivity contribution is 6.31. The molecule has 0 unspecified atom stereocenters. The van der Waals surface area contributed by atoms with Gasteiger partial charge in [-0.15, -0.1) is 0 Å². The largest absolute Gasteiger partial charge is 0.389 e. The maximum Gasteiger partial charge on any atom is 0.0918 e. The predicted octanol–water partition coefficient (Wildman–Crippen LogP) is 2.65. The maximum absolute atomic E-state index is 10.4. The highest BCUT2D eigenvalue weighted by Crippen LogP contribution is 2.54. The van der Waals surface area contributed by atoms with Crippen LogP contribution in [-0.2, 0) is 0 Å². The van der Waals surface area contributed by atoms with Gasteiger partial charge in [-0.25, -0.2) is 0 Å². The Kier molecular flexibility index (Phi) is 2.31. The van der Waals surface area contributed by atoms with Crippen molar-refractivity contribution in [3.8, 4) is 0 Å². The summed E-state index contributed by atoms with van der Waals surface area (Å²) in [5, 5.41) is 21.4. The van der Waals surface area contributed by atoms with Crippen molar-refractivity contribution in [2.24, 2.45) is 0 Å². The molecule has 2 aromatic carbocycles. The van der Waals surface area contributed by atoms with Crippen LogP contribution in [0.4, 0.5) is 0 Å². The number of hydrogen-bond acceptors (Lipinski definition) is 2. The van der Waals surface area contributed by atoms with E-state index in [1.807, 2.05) is 42.5 Å². The van der Waals surface area contributed by atoms with Crippen LogP contribution in [0.3, 0.4) is 0 Å². The van der Waals surface area contributed by atoms with Crippen molar-refractivity contribution in [1.82, 2.24) is 0 Å². The third-order valence-corrected chi connectivity index (χ3v) is 4.76. The van der Waals surface area contributed by atoms with Gasteiger partial charge in [-0.1, -0.05) is 48.0 Å². The van der Waals surface area contributed by atoms with Crippen LogP contribution in [0, 0.1) is 0 Å². The minimum Gasteiger partial charge on any atom is -0.389 e. The minimum atomic E-state index is -0.785. The molecule has 0 saturated heterocycles. The molecule has 2 aromatic rings. The predicted molar refractivity (Wildman–Crippen MR) is 73.6 cm³/mol. The number of aliphatic hydroxyl groups is 2. The molecule has 0 spiro atoms. The standard InChI is InChI=1S/C16H13ClO2/c17-11-7-3-6-10-12-8-4-1-2-5-9(8)14(13(10)11)16(19)15(12)18/h1-7,12,14-16,18-19H/t12-,14-,15+,16+/m0/s1. The Bertz CT molecular complexity index is 668. The number of aliphatic hydroxyl groups excluding tert-OH is 2. The molecule has 2 nitrogen and oxygen atoms in total. The van der Waals surface area contributed by atoms with E-state index in [1.165, 1.54) is 0 Å². The summed E-state index contributed by atoms with van der Waals surface area (Å²) in [4.78, 5) is 0. The van der Waals surface area contributed by atoms with Crippen molar-refractivity contribution < 1.29 is 10.2 Å². The molecular formula is C16H13ClO2. The average molecular weight is 273 g/mol. The highest BCUT2D eigenvalue weighted by atomic mass is 35.5. The van der Waals surface area contributed by atoms with Crippen LogP contribution in [0.25, 0.3) is 0 Å². The molecule has 19 heavy (non-hydrogen) atoms. The number of hydrogen-bond donors (Lipinski definition) is 2. The molecule has 0 aliphatic heterocycles. The van der Waals surface area contributed by atoms with Gasteiger partial charge in [0, 0.05) is 16.9 Å². The molecule has 2 bridgehead atoms. The molecule has 3 aliphatic carbocycles. The topological polar surface area (TPSA) is 40.5 Å². The van der Waals surface area contributed by atoms with Crippen molar-refractivity contribution in [3.05, 3.63) is 69.7 Å². The lowest BCUT2D eigenvalue weighted by atomic mass is 9.61. The van der Waals surface area contributed by atoms with E-state index in [4.69, 9.17) is 11.6 Å². The Labute approximate surface area is 116 Å². The first-order chi connectivity index (χ1) is 9.20. The van der Waals surface area contributed by atoms with Crippen LogP contribution < -0.4 is 0 Å². The first-order valence-corrected chi connectivity index (χ1v) is 6.81. The van der Waals surface area contributed by atoms with E-state index in [1.54, 1.807) is 0 Å². The normalized spacial score (nSPS) is 30.9. The number of halogens is 1. The van der Waals surface area contributed by atoms with Crippen LogP contribution in [0.1, 0.15) is 34.1 Å². The zero-order valence-corrected chi connectivity index (χ0v) is 10.9. The number of benzene rings is 2. The first-order valence-electron chi connectivity index (χ1n) is 6.43. The highest BCUT2D eigenvalue weighted by Gasteiger charge is 2.49. The summed E-state index contributed by atoms with van der Waals surface area (Å²) >= 11 is 6.32. The van der Waals surface area contributed by atoms with E-state index < -0.39 is 12.2 Å². The molecule has 0 saturated carbocycles. The van der Waals surface area contributed by atoms with Crippen molar-refractivity contribution in [2.45, 2.75) is 24.0 Å². The van der Waals surface area contributed by atoms with Crippen molar-refractivity contribution in [3.63, 3.8) is 0 Å². The molecule has 3 aliphatic rings. The molecule has 0 radical (unpaired) electrons. The zero-order valence-electron chi connectivity index (χ0n) is 10.1. The Balaban J connectivity index is 2.08. The summed E-state index contributed by atoms with van der Waals surface area (Å²) in [6, 6.07) is 13.8. The lowest BCUT2D eigenvalue weighted by Crippen LogP contribution is -2.47. The summed E-state index contributed by atoms with van der Waals surface area (Å²) in [5.74, 6) is -0.398. The fourth-order valence-electron chi connectivity index (χ4n) is 3.67. The first kappa shape index (κ1) is 11.5. The van der Waals surface area contributed by atoms with E-state index in [-0.39, 0.29) is 11.8 Å². The molecule has 5 rings (SSSR count). The summed E-state index contributed by atoms with van der Waals surface area (Å²) < 4.78 is 0. The molecule has 0 amide bonds. The van der Waals surface area contributed by atoms with E-state index in [0.29, 0.717) is 5.02 Å². The van der Waals surface area contributed by atoms with E-state index in [2.05, 4.69) is 0 Å². The number of rotatable bonds is 0. The monoisotopic (exact) mass is 272 g/mol. The van der Waals surface area contributed by atoms with Crippen molar-refractivity contribution >= 4 is 11.6 Å². The average Bonchev–Trinajstić information content (AvgIpc) is 2.43. The van der Waals surface area contributed by atoms with Crippen molar-refractivity contribution in [2.75, 3.05) is 0 Å². The van der Waals surface area contributed by atoms with Gasteiger partial charge in [-0.05, 0) is 28.3 Å². The van der Waals surface area contributed by atoms with Crippen LogP contribution in [0.5, 0.6) is 0 Å². The van der Waals surface area contributed by atoms with E-state index in [9.17, 15) is 10.2 Å². The second-order valence-electron chi connectivity index (χ2n) is 5.31. The summed E-state index contributed by atoms with van der Waals surface area (Å²) in [7, 11) is 0. The van der Waals surface area contributed by atoms with Gasteiger partial charge in [-0.2, -0.15) is 0 Å². The quantitative estimate of drug-likeness (QED) is 0.774. The van der Waals surface area contributed by atoms with Crippen molar-refractivity contribution in [1.29, 1.82) is 0 Å². The van der Waals surface area contributed by atoms with Crippen LogP contribution >= 0.6 is 11.6 Å². The summed E-state index contributed by atoms with van der Waals surface area (Å²) in [6.07, 6.45) is -1.54. The van der Waals surface area contributed by atoms with Gasteiger partial charge < -0.3 is 10.2 Å². The number of fused-ring (bicyclic) bond motifs is 1. The van der Waals surface area contributed by atoms with E-state index >= 15 is 0 Å². The molecule has 3 heteroatoms. The van der Waals surface area contributed by atoms with Gasteiger partial charge in [0.2, 0.25) is 0 Å². The van der Waals surface area contributed by atoms with Crippen LogP contribution in [-0.4, -0.2) is 22.4 Å². The molecule has 2 N–H and O–H groups in total. The van der Waals surface area contributed by atoms with Gasteiger partial charge in [0.25, 0.3) is 0 Å². The smallest absolute Gasteiger partial charge is 0.0918 e. The summed E-state index contributed by atoms with van der Waals surface area (Å²) in [5.41, 5.74) is 4.23. The van der Waals surface area contributed by atoms with Crippen LogP contribution in [0.2, 0.25) is 5.02 Å². The molecule has 96 valence electrons. The van der Waals surface area contributed by atoms with Gasteiger partial charge in [0.05, 0.1) is 12.2 Å². The molecule has 0 heterocycles. The molecular weight excluding hydrogens is 260 g/mol. The fraction of sp³-hybridized carbons (Fsp3) is 0.250. The lowest BCUT2D eigenvalue weighted by Gasteiger charge is -2.46. The third-order valence-electron chi connectivity index (χ3n) is 4.43. The van der Waals surface area contributed by atoms with Gasteiger partial charge >= 0.3 is 0 Å². The Morgan fingerprint density at radius 2 is 1.32 bits per heavy atom. The van der Waals surface area contributed by atoms with Gasteiger partial charge in [0.1, 0.15) is 0 Å². The SMILES string of the molecule is O[C@@H]1[C@H]2c3ccccc3[C@@H](c3c(Cl)cccc32)[C@H]1O. The molecule has 0 fully saturated rings. The summed E-state index contributed by atoms with van der Waals surface area (Å²) in [6.45, 7) is 0. The zero-order chi connectivity index (χ0) is 13.1. The minimum absolute atomic E-state index is 0.176. The van der Waals surface area contributed by atoms with Gasteiger partial charge in [-0.3, -0.25) is 0 Å². The maximum atomic E-state index is 10.4. The van der Waals surface area contributed by atoms with Crippen LogP contribution in [0.15, 0.2) is 42.5 Å². The Morgan fingerprint density at radius 3 is 2.05 bits per heavy atom. The lowest BCUT2D eigenvalue weighted by molar-refractivity contribution is -0.0154. The molecule has 0 aromatic heterocycles. The Morgan fingerprint density at radius 1 is 0.737 bits per heavy atom. The molecule has 4 atom stereocenters. The third kappa shape index (κ3) is 1.34. The van der Waals surface area contributed by atoms with Gasteiger partial charge in [0.15, 0.2) is 0 Å². The second kappa shape index (κ2) is 3.83. The fourth-order valence-corrected chi connectivity index (χ4v) is 3.97.